The lowest BCUT2D eigenvalue weighted by Crippen LogP contribution is -2.33. The van der Waals surface area contributed by atoms with Gasteiger partial charge in [-0.25, -0.2) is 4.39 Å². The summed E-state index contributed by atoms with van der Waals surface area (Å²) in [6.45, 7) is 1.54. The Balaban J connectivity index is 1.92. The molecule has 3 nitrogen and oxygen atoms in total. The van der Waals surface area contributed by atoms with Gasteiger partial charge < -0.3 is 5.32 Å². The van der Waals surface area contributed by atoms with Crippen LogP contribution in [0.2, 0.25) is 0 Å². The zero-order valence-electron chi connectivity index (χ0n) is 12.2. The summed E-state index contributed by atoms with van der Waals surface area (Å²) in [5.74, 6) is -0.932. The molecule has 122 valence electrons. The predicted molar refractivity (Wildman–Crippen MR) is 75.5 cm³/mol. The van der Waals surface area contributed by atoms with Crippen LogP contribution in [0.4, 0.5) is 23.2 Å². The first kappa shape index (κ1) is 16.7. The van der Waals surface area contributed by atoms with Gasteiger partial charge in [0.05, 0.1) is 12.1 Å². The second kappa shape index (κ2) is 6.64. The van der Waals surface area contributed by atoms with E-state index in [0.29, 0.717) is 31.7 Å². The van der Waals surface area contributed by atoms with E-state index in [-0.39, 0.29) is 17.3 Å². The molecule has 0 aromatic heterocycles. The maximum Gasteiger partial charge on any atom is 0.401 e. The summed E-state index contributed by atoms with van der Waals surface area (Å²) in [6.07, 6.45) is -3.54. The number of hydrogen-bond acceptors (Lipinski definition) is 3. The molecular formula is C15H18F4N2O. The molecule has 2 rings (SSSR count). The summed E-state index contributed by atoms with van der Waals surface area (Å²) < 4.78 is 50.7. The van der Waals surface area contributed by atoms with E-state index < -0.39 is 18.5 Å². The maximum atomic E-state index is 13.7. The van der Waals surface area contributed by atoms with Crippen molar-refractivity contribution < 1.29 is 22.4 Å². The summed E-state index contributed by atoms with van der Waals surface area (Å²) in [4.78, 5) is 12.8. The average molecular weight is 318 g/mol. The summed E-state index contributed by atoms with van der Waals surface area (Å²) >= 11 is 0. The quantitative estimate of drug-likeness (QED) is 0.668. The number of carbonyl (C=O) groups excluding carboxylic acids is 1. The molecular weight excluding hydrogens is 300 g/mol. The third-order valence-corrected chi connectivity index (χ3v) is 3.72. The van der Waals surface area contributed by atoms with Crippen LogP contribution in [0.15, 0.2) is 18.2 Å². The van der Waals surface area contributed by atoms with Gasteiger partial charge in [-0.2, -0.15) is 13.2 Å². The molecule has 0 radical (unpaired) electrons. The Morgan fingerprint density at radius 1 is 1.41 bits per heavy atom. The summed E-state index contributed by atoms with van der Waals surface area (Å²) in [7, 11) is 0. The van der Waals surface area contributed by atoms with Crippen LogP contribution in [0.25, 0.3) is 0 Å². The molecule has 0 spiro atoms. The highest BCUT2D eigenvalue weighted by atomic mass is 19.4. The Labute approximate surface area is 126 Å². The highest BCUT2D eigenvalue weighted by Crippen LogP contribution is 2.24. The number of nitrogens with one attached hydrogen (secondary N) is 1. The fraction of sp³-hybridized carbons (Fsp3) is 0.533. The van der Waals surface area contributed by atoms with Gasteiger partial charge in [0.2, 0.25) is 0 Å². The lowest BCUT2D eigenvalue weighted by atomic mass is 10.1. The van der Waals surface area contributed by atoms with Gasteiger partial charge in [0, 0.05) is 18.8 Å². The molecule has 1 aromatic carbocycles. The van der Waals surface area contributed by atoms with Gasteiger partial charge in [0.15, 0.2) is 5.78 Å². The molecule has 0 amide bonds. The highest BCUT2D eigenvalue weighted by molar-refractivity contribution is 5.99. The van der Waals surface area contributed by atoms with Crippen LogP contribution >= 0.6 is 0 Å². The highest BCUT2D eigenvalue weighted by Gasteiger charge is 2.34. The lowest BCUT2D eigenvalue weighted by Gasteiger charge is -2.18. The van der Waals surface area contributed by atoms with Crippen LogP contribution in [0.1, 0.15) is 23.7 Å². The Morgan fingerprint density at radius 2 is 2.14 bits per heavy atom. The van der Waals surface area contributed by atoms with Crippen LogP contribution < -0.4 is 5.32 Å². The van der Waals surface area contributed by atoms with Crippen molar-refractivity contribution in [1.82, 2.24) is 4.90 Å². The van der Waals surface area contributed by atoms with E-state index in [1.54, 1.807) is 6.07 Å². The normalized spacial score (nSPS) is 19.4. The number of halogens is 4. The monoisotopic (exact) mass is 318 g/mol. The zero-order valence-corrected chi connectivity index (χ0v) is 12.2. The average Bonchev–Trinajstić information content (AvgIpc) is 2.81. The second-order valence-electron chi connectivity index (χ2n) is 5.60. The lowest BCUT2D eigenvalue weighted by molar-refractivity contribution is -0.143. The zero-order chi connectivity index (χ0) is 16.3. The van der Waals surface area contributed by atoms with Crippen molar-refractivity contribution in [2.45, 2.75) is 19.5 Å². The molecule has 1 heterocycles. The second-order valence-corrected chi connectivity index (χ2v) is 5.60. The molecule has 0 aliphatic carbocycles. The third kappa shape index (κ3) is 4.43. The minimum absolute atomic E-state index is 0.00681. The molecule has 1 fully saturated rings. The topological polar surface area (TPSA) is 32.3 Å². The van der Waals surface area contributed by atoms with Gasteiger partial charge in [-0.3, -0.25) is 9.69 Å². The molecule has 22 heavy (non-hydrogen) atoms. The summed E-state index contributed by atoms with van der Waals surface area (Å²) in [5.41, 5.74) is 0.384. The van der Waals surface area contributed by atoms with Gasteiger partial charge in [-0.05, 0) is 37.9 Å². The Hall–Kier alpha value is -1.63. The smallest absolute Gasteiger partial charge is 0.384 e. The van der Waals surface area contributed by atoms with Crippen LogP contribution in [0, 0.1) is 11.7 Å². The SMILES string of the molecule is CC(=O)c1c(F)cccc1NC[C@@H]1CCN(CC(F)(F)F)C1. The molecule has 1 saturated heterocycles. The molecule has 1 aliphatic rings. The van der Waals surface area contributed by atoms with Gasteiger partial charge in [-0.1, -0.05) is 6.07 Å². The van der Waals surface area contributed by atoms with Gasteiger partial charge in [0.25, 0.3) is 0 Å². The number of benzene rings is 1. The van der Waals surface area contributed by atoms with E-state index in [1.165, 1.54) is 24.0 Å². The van der Waals surface area contributed by atoms with Gasteiger partial charge >= 0.3 is 6.18 Å². The maximum absolute atomic E-state index is 13.7. The number of anilines is 1. The number of Topliss-reactive ketones (excluding diaryl/α,β-unsaturated/α-hetero) is 1. The molecule has 1 N–H and O–H groups in total. The van der Waals surface area contributed by atoms with Crippen LogP contribution in [-0.2, 0) is 0 Å². The Morgan fingerprint density at radius 3 is 2.77 bits per heavy atom. The largest absolute Gasteiger partial charge is 0.401 e. The van der Waals surface area contributed by atoms with Crippen molar-refractivity contribution in [3.63, 3.8) is 0 Å². The number of hydrogen-bond donors (Lipinski definition) is 1. The first-order chi connectivity index (χ1) is 10.3. The molecule has 1 aromatic rings. The third-order valence-electron chi connectivity index (χ3n) is 3.72. The number of ketones is 1. The minimum Gasteiger partial charge on any atom is -0.384 e. The molecule has 0 bridgehead atoms. The van der Waals surface area contributed by atoms with Gasteiger partial charge in [-0.15, -0.1) is 0 Å². The minimum atomic E-state index is -4.19. The van der Waals surface area contributed by atoms with Crippen molar-refractivity contribution in [1.29, 1.82) is 0 Å². The van der Waals surface area contributed by atoms with Crippen LogP contribution in [0.5, 0.6) is 0 Å². The predicted octanol–water partition coefficient (Wildman–Crippen LogP) is 3.32. The molecule has 7 heteroatoms. The van der Waals surface area contributed by atoms with Crippen molar-refractivity contribution in [3.8, 4) is 0 Å². The molecule has 1 atom stereocenters. The van der Waals surface area contributed by atoms with Crippen molar-refractivity contribution in [3.05, 3.63) is 29.6 Å². The summed E-state index contributed by atoms with van der Waals surface area (Å²) in [5, 5.41) is 2.99. The number of carbonyl (C=O) groups is 1. The van der Waals surface area contributed by atoms with Crippen molar-refractivity contribution in [2.24, 2.45) is 5.92 Å². The fourth-order valence-corrected chi connectivity index (χ4v) is 2.76. The summed E-state index contributed by atoms with van der Waals surface area (Å²) in [6, 6.07) is 4.31. The number of rotatable bonds is 5. The van der Waals surface area contributed by atoms with Crippen LogP contribution in [-0.4, -0.2) is 43.0 Å². The van der Waals surface area contributed by atoms with E-state index in [0.717, 1.165) is 0 Å². The van der Waals surface area contributed by atoms with Crippen molar-refractivity contribution in [2.75, 3.05) is 31.5 Å². The molecule has 0 saturated carbocycles. The van der Waals surface area contributed by atoms with E-state index in [9.17, 15) is 22.4 Å². The fourth-order valence-electron chi connectivity index (χ4n) is 2.76. The van der Waals surface area contributed by atoms with E-state index in [2.05, 4.69) is 5.32 Å². The number of alkyl halides is 3. The Bertz CT molecular complexity index is 545. The van der Waals surface area contributed by atoms with E-state index >= 15 is 0 Å². The molecule has 1 aliphatic heterocycles. The van der Waals surface area contributed by atoms with E-state index in [4.69, 9.17) is 0 Å². The van der Waals surface area contributed by atoms with Crippen LogP contribution in [0.3, 0.4) is 0 Å². The van der Waals surface area contributed by atoms with Gasteiger partial charge in [0.1, 0.15) is 5.82 Å². The first-order valence-corrected chi connectivity index (χ1v) is 7.08. The number of nitrogens with zero attached hydrogens (tertiary/aromatic N) is 1. The standard InChI is InChI=1S/C15H18F4N2O/c1-10(22)14-12(16)3-2-4-13(14)20-7-11-5-6-21(8-11)9-15(17,18)19/h2-4,11,20H,5-9H2,1H3/t11-/m0/s1. The Kier molecular flexibility index (Phi) is 5.05. The molecule has 0 unspecified atom stereocenters. The number of likely N-dealkylation sites (tertiary alicyclic amines) is 1. The van der Waals surface area contributed by atoms with E-state index in [1.807, 2.05) is 0 Å². The van der Waals surface area contributed by atoms with Crippen molar-refractivity contribution >= 4 is 11.5 Å². The first-order valence-electron chi connectivity index (χ1n) is 7.08.